The van der Waals surface area contributed by atoms with Gasteiger partial charge in [0.25, 0.3) is 0 Å². The van der Waals surface area contributed by atoms with Crippen LogP contribution in [0.1, 0.15) is 6.42 Å². The standard InChI is InChI=1S/C6H12O4/c1-9-6-2-4(8)5(3-7)10-6/h4-8H,2-3H2,1H3/t4-,5-,6-/m1/s1. The summed E-state index contributed by atoms with van der Waals surface area (Å²) in [5, 5.41) is 17.7. The second kappa shape index (κ2) is 3.30. The number of ether oxygens (including phenoxy) is 2. The van der Waals surface area contributed by atoms with Crippen molar-refractivity contribution in [2.75, 3.05) is 13.7 Å². The van der Waals surface area contributed by atoms with Crippen LogP contribution in [0.5, 0.6) is 0 Å². The van der Waals surface area contributed by atoms with E-state index in [4.69, 9.17) is 19.7 Å². The van der Waals surface area contributed by atoms with E-state index in [9.17, 15) is 0 Å². The third kappa shape index (κ3) is 1.46. The predicted molar refractivity (Wildman–Crippen MR) is 33.4 cm³/mol. The molecule has 10 heavy (non-hydrogen) atoms. The van der Waals surface area contributed by atoms with Crippen molar-refractivity contribution < 1.29 is 19.7 Å². The lowest BCUT2D eigenvalue weighted by atomic mass is 10.2. The molecule has 0 bridgehead atoms. The molecule has 3 atom stereocenters. The molecule has 0 amide bonds. The first-order valence-electron chi connectivity index (χ1n) is 3.25. The summed E-state index contributed by atoms with van der Waals surface area (Å²) in [5.41, 5.74) is 0. The van der Waals surface area contributed by atoms with Crippen LogP contribution in [0.25, 0.3) is 0 Å². The Morgan fingerprint density at radius 3 is 2.70 bits per heavy atom. The van der Waals surface area contributed by atoms with Crippen molar-refractivity contribution in [3.63, 3.8) is 0 Å². The van der Waals surface area contributed by atoms with Crippen LogP contribution in [0.2, 0.25) is 0 Å². The van der Waals surface area contributed by atoms with Crippen molar-refractivity contribution in [1.82, 2.24) is 0 Å². The Morgan fingerprint density at radius 1 is 1.70 bits per heavy atom. The molecule has 4 heteroatoms. The molecule has 1 aliphatic rings. The summed E-state index contributed by atoms with van der Waals surface area (Å²) in [4.78, 5) is 0. The molecule has 1 heterocycles. The van der Waals surface area contributed by atoms with Gasteiger partial charge in [0.2, 0.25) is 0 Å². The van der Waals surface area contributed by atoms with E-state index < -0.39 is 12.2 Å². The van der Waals surface area contributed by atoms with Crippen molar-refractivity contribution in [3.8, 4) is 0 Å². The third-order valence-corrected chi connectivity index (χ3v) is 1.63. The molecule has 4 nitrogen and oxygen atoms in total. The van der Waals surface area contributed by atoms with Crippen molar-refractivity contribution in [3.05, 3.63) is 0 Å². The first kappa shape index (κ1) is 7.94. The zero-order valence-corrected chi connectivity index (χ0v) is 5.86. The predicted octanol–water partition coefficient (Wildman–Crippen LogP) is -0.899. The van der Waals surface area contributed by atoms with Crippen molar-refractivity contribution in [2.45, 2.75) is 24.9 Å². The number of aliphatic hydroxyl groups excluding tert-OH is 2. The highest BCUT2D eigenvalue weighted by atomic mass is 16.7. The average Bonchev–Trinajstić information content (AvgIpc) is 2.30. The fourth-order valence-electron chi connectivity index (χ4n) is 1.01. The molecular formula is C6H12O4. The SMILES string of the molecule is CO[C@H]1C[C@@H](O)[C@@H](CO)O1. The first-order chi connectivity index (χ1) is 4.77. The first-order valence-corrected chi connectivity index (χ1v) is 3.25. The van der Waals surface area contributed by atoms with Gasteiger partial charge in [-0.25, -0.2) is 0 Å². The molecule has 0 unspecified atom stereocenters. The zero-order valence-electron chi connectivity index (χ0n) is 5.86. The van der Waals surface area contributed by atoms with Crippen LogP contribution in [0.15, 0.2) is 0 Å². The zero-order chi connectivity index (χ0) is 7.56. The average molecular weight is 148 g/mol. The smallest absolute Gasteiger partial charge is 0.160 e. The second-order valence-corrected chi connectivity index (χ2v) is 2.33. The molecule has 0 aromatic rings. The third-order valence-electron chi connectivity index (χ3n) is 1.63. The number of methoxy groups -OCH3 is 1. The lowest BCUT2D eigenvalue weighted by molar-refractivity contribution is -0.127. The quantitative estimate of drug-likeness (QED) is 0.533. The topological polar surface area (TPSA) is 58.9 Å². The van der Waals surface area contributed by atoms with E-state index in [0.29, 0.717) is 6.42 Å². The van der Waals surface area contributed by atoms with Gasteiger partial charge in [-0.05, 0) is 0 Å². The molecule has 0 aromatic carbocycles. The van der Waals surface area contributed by atoms with Gasteiger partial charge in [0.1, 0.15) is 6.10 Å². The minimum atomic E-state index is -0.588. The maximum atomic E-state index is 9.13. The molecule has 1 aliphatic heterocycles. The highest BCUT2D eigenvalue weighted by Crippen LogP contribution is 2.19. The number of aliphatic hydroxyl groups is 2. The van der Waals surface area contributed by atoms with Gasteiger partial charge in [-0.15, -0.1) is 0 Å². The van der Waals surface area contributed by atoms with Gasteiger partial charge in [-0.3, -0.25) is 0 Å². The number of hydrogen-bond acceptors (Lipinski definition) is 4. The molecule has 0 aliphatic carbocycles. The highest BCUT2D eigenvalue weighted by molar-refractivity contribution is 4.76. The molecule has 1 saturated heterocycles. The van der Waals surface area contributed by atoms with E-state index in [1.165, 1.54) is 7.11 Å². The maximum Gasteiger partial charge on any atom is 0.160 e. The van der Waals surface area contributed by atoms with E-state index in [-0.39, 0.29) is 12.9 Å². The van der Waals surface area contributed by atoms with Gasteiger partial charge < -0.3 is 19.7 Å². The van der Waals surface area contributed by atoms with Gasteiger partial charge >= 0.3 is 0 Å². The fourth-order valence-corrected chi connectivity index (χ4v) is 1.01. The Labute approximate surface area is 59.4 Å². The van der Waals surface area contributed by atoms with E-state index in [1.807, 2.05) is 0 Å². The molecule has 0 saturated carbocycles. The molecule has 1 fully saturated rings. The fraction of sp³-hybridized carbons (Fsp3) is 1.00. The summed E-state index contributed by atoms with van der Waals surface area (Å²) in [5.74, 6) is 0. The van der Waals surface area contributed by atoms with Gasteiger partial charge in [0.15, 0.2) is 6.29 Å². The minimum absolute atomic E-state index is 0.152. The highest BCUT2D eigenvalue weighted by Gasteiger charge is 2.32. The molecule has 60 valence electrons. The lowest BCUT2D eigenvalue weighted by Gasteiger charge is -2.09. The van der Waals surface area contributed by atoms with Crippen LogP contribution in [0.4, 0.5) is 0 Å². The largest absolute Gasteiger partial charge is 0.394 e. The molecular weight excluding hydrogens is 136 g/mol. The Bertz CT molecular complexity index is 106. The number of rotatable bonds is 2. The van der Waals surface area contributed by atoms with Gasteiger partial charge in [0.05, 0.1) is 12.7 Å². The Hall–Kier alpha value is -0.160. The van der Waals surface area contributed by atoms with E-state index >= 15 is 0 Å². The summed E-state index contributed by atoms with van der Waals surface area (Å²) >= 11 is 0. The van der Waals surface area contributed by atoms with Crippen molar-refractivity contribution in [1.29, 1.82) is 0 Å². The summed E-state index contributed by atoms with van der Waals surface area (Å²) in [6.07, 6.45) is -0.964. The molecule has 0 spiro atoms. The Kier molecular flexibility index (Phi) is 2.62. The van der Waals surface area contributed by atoms with Crippen molar-refractivity contribution in [2.24, 2.45) is 0 Å². The normalized spacial score (nSPS) is 40.5. The van der Waals surface area contributed by atoms with Crippen LogP contribution in [-0.2, 0) is 9.47 Å². The molecule has 0 aromatic heterocycles. The van der Waals surface area contributed by atoms with E-state index in [1.54, 1.807) is 0 Å². The van der Waals surface area contributed by atoms with Crippen LogP contribution >= 0.6 is 0 Å². The van der Waals surface area contributed by atoms with Crippen LogP contribution in [0, 0.1) is 0 Å². The van der Waals surface area contributed by atoms with Gasteiger partial charge in [-0.1, -0.05) is 0 Å². The number of hydrogen-bond donors (Lipinski definition) is 2. The van der Waals surface area contributed by atoms with Gasteiger partial charge in [-0.2, -0.15) is 0 Å². The van der Waals surface area contributed by atoms with Gasteiger partial charge in [0, 0.05) is 13.5 Å². The Balaban J connectivity index is 2.36. The maximum absolute atomic E-state index is 9.13. The van der Waals surface area contributed by atoms with Crippen LogP contribution in [0.3, 0.4) is 0 Å². The monoisotopic (exact) mass is 148 g/mol. The Morgan fingerprint density at radius 2 is 2.40 bits per heavy atom. The van der Waals surface area contributed by atoms with E-state index in [2.05, 4.69) is 0 Å². The molecule has 1 rings (SSSR count). The summed E-state index contributed by atoms with van der Waals surface area (Å²) in [6.45, 7) is -0.152. The molecule has 2 N–H and O–H groups in total. The van der Waals surface area contributed by atoms with Crippen LogP contribution in [-0.4, -0.2) is 42.4 Å². The summed E-state index contributed by atoms with van der Waals surface area (Å²) < 4.78 is 9.87. The molecule has 0 radical (unpaired) electrons. The lowest BCUT2D eigenvalue weighted by Crippen LogP contribution is -2.24. The summed E-state index contributed by atoms with van der Waals surface area (Å²) in [7, 11) is 1.51. The van der Waals surface area contributed by atoms with Crippen molar-refractivity contribution >= 4 is 0 Å². The van der Waals surface area contributed by atoms with Crippen LogP contribution < -0.4 is 0 Å². The second-order valence-electron chi connectivity index (χ2n) is 2.33. The minimum Gasteiger partial charge on any atom is -0.394 e. The van der Waals surface area contributed by atoms with E-state index in [0.717, 1.165) is 0 Å². The summed E-state index contributed by atoms with van der Waals surface area (Å²) in [6, 6.07) is 0.